The Hall–Kier alpha value is -0.570. The summed E-state index contributed by atoms with van der Waals surface area (Å²) < 4.78 is 4.84. The quantitative estimate of drug-likeness (QED) is 0.620. The van der Waals surface area contributed by atoms with E-state index in [4.69, 9.17) is 9.84 Å². The van der Waals surface area contributed by atoms with Crippen LogP contribution in [0.25, 0.3) is 0 Å². The second kappa shape index (κ2) is 7.10. The molecule has 0 unspecified atom stereocenters. The molecule has 0 aromatic rings. The van der Waals surface area contributed by atoms with Crippen molar-refractivity contribution in [1.29, 1.82) is 0 Å². The summed E-state index contributed by atoms with van der Waals surface area (Å²) in [7, 11) is 0. The lowest BCUT2D eigenvalue weighted by molar-refractivity contribution is -0.144. The molecule has 0 amide bonds. The van der Waals surface area contributed by atoms with Crippen molar-refractivity contribution in [3.8, 4) is 0 Å². The van der Waals surface area contributed by atoms with E-state index in [0.717, 1.165) is 6.42 Å². The Labute approximate surface area is 73.7 Å². The van der Waals surface area contributed by atoms with Gasteiger partial charge in [0, 0.05) is 6.42 Å². The van der Waals surface area contributed by atoms with Gasteiger partial charge in [-0.3, -0.25) is 4.79 Å². The summed E-state index contributed by atoms with van der Waals surface area (Å²) in [5, 5.41) is 9.12. The molecule has 0 bridgehead atoms. The van der Waals surface area contributed by atoms with Gasteiger partial charge < -0.3 is 9.84 Å². The van der Waals surface area contributed by atoms with Gasteiger partial charge in [-0.05, 0) is 19.3 Å². The summed E-state index contributed by atoms with van der Waals surface area (Å²) in [6, 6.07) is 0. The van der Waals surface area contributed by atoms with Crippen molar-refractivity contribution in [3.63, 3.8) is 0 Å². The molecule has 3 nitrogen and oxygen atoms in total. The third-order valence-corrected chi connectivity index (χ3v) is 1.62. The molecule has 0 aliphatic heterocycles. The molecule has 0 aliphatic rings. The minimum Gasteiger partial charge on any atom is -0.466 e. The molecule has 0 spiro atoms. The van der Waals surface area contributed by atoms with Crippen molar-refractivity contribution < 1.29 is 14.6 Å². The Morgan fingerprint density at radius 1 is 1.50 bits per heavy atom. The number of aliphatic hydroxyl groups is 1. The van der Waals surface area contributed by atoms with Crippen LogP contribution in [-0.4, -0.2) is 23.8 Å². The highest BCUT2D eigenvalue weighted by Gasteiger charge is 2.06. The Balaban J connectivity index is 3.31. The van der Waals surface area contributed by atoms with Crippen LogP contribution in [0.1, 0.15) is 39.5 Å². The summed E-state index contributed by atoms with van der Waals surface area (Å²) in [5.74, 6) is -0.204. The fourth-order valence-corrected chi connectivity index (χ4v) is 0.777. The monoisotopic (exact) mass is 174 g/mol. The fraction of sp³-hybridized carbons (Fsp3) is 0.889. The Bertz CT molecular complexity index is 123. The molecule has 0 fully saturated rings. The van der Waals surface area contributed by atoms with Gasteiger partial charge in [0.1, 0.15) is 0 Å². The Morgan fingerprint density at radius 2 is 2.17 bits per heavy atom. The van der Waals surface area contributed by atoms with Crippen molar-refractivity contribution >= 4 is 5.97 Å². The van der Waals surface area contributed by atoms with Crippen molar-refractivity contribution in [1.82, 2.24) is 0 Å². The van der Waals surface area contributed by atoms with Crippen LogP contribution in [0.15, 0.2) is 0 Å². The van der Waals surface area contributed by atoms with Gasteiger partial charge in [0.15, 0.2) is 0 Å². The van der Waals surface area contributed by atoms with Crippen LogP contribution in [0.4, 0.5) is 0 Å². The fourth-order valence-electron chi connectivity index (χ4n) is 0.777. The van der Waals surface area contributed by atoms with Crippen LogP contribution in [-0.2, 0) is 9.53 Å². The molecular weight excluding hydrogens is 156 g/mol. The number of esters is 1. The number of rotatable bonds is 6. The number of aliphatic hydroxyl groups excluding tert-OH is 1. The maximum Gasteiger partial charge on any atom is 0.305 e. The molecule has 72 valence electrons. The smallest absolute Gasteiger partial charge is 0.305 e. The highest BCUT2D eigenvalue weighted by molar-refractivity contribution is 5.69. The summed E-state index contributed by atoms with van der Waals surface area (Å²) >= 11 is 0. The Kier molecular flexibility index (Phi) is 6.76. The van der Waals surface area contributed by atoms with Gasteiger partial charge in [0.25, 0.3) is 0 Å². The largest absolute Gasteiger partial charge is 0.466 e. The van der Waals surface area contributed by atoms with Crippen molar-refractivity contribution in [2.24, 2.45) is 0 Å². The average Bonchev–Trinajstić information content (AvgIpc) is 2.10. The zero-order valence-corrected chi connectivity index (χ0v) is 7.88. The van der Waals surface area contributed by atoms with Crippen molar-refractivity contribution in [2.45, 2.75) is 45.6 Å². The zero-order chi connectivity index (χ0) is 9.40. The van der Waals surface area contributed by atoms with Crippen LogP contribution in [0.2, 0.25) is 0 Å². The van der Waals surface area contributed by atoms with E-state index in [1.165, 1.54) is 0 Å². The van der Waals surface area contributed by atoms with Crippen LogP contribution in [0.5, 0.6) is 0 Å². The first-order valence-corrected chi connectivity index (χ1v) is 4.54. The number of ether oxygens (including phenoxy) is 1. The molecule has 0 saturated carbocycles. The van der Waals surface area contributed by atoms with Gasteiger partial charge in [0.05, 0.1) is 12.7 Å². The minimum atomic E-state index is -0.362. The van der Waals surface area contributed by atoms with Crippen molar-refractivity contribution in [3.05, 3.63) is 0 Å². The third-order valence-electron chi connectivity index (χ3n) is 1.62. The van der Waals surface area contributed by atoms with Crippen LogP contribution in [0.3, 0.4) is 0 Å². The zero-order valence-electron chi connectivity index (χ0n) is 7.88. The standard InChI is InChI=1S/C9H18O3/c1-3-7-12-9(11)6-5-8(10)4-2/h8,10H,3-7H2,1-2H3/t8-/m1/s1. The van der Waals surface area contributed by atoms with E-state index in [9.17, 15) is 4.79 Å². The van der Waals surface area contributed by atoms with E-state index in [-0.39, 0.29) is 12.1 Å². The predicted molar refractivity (Wildman–Crippen MR) is 46.8 cm³/mol. The van der Waals surface area contributed by atoms with E-state index in [1.54, 1.807) is 0 Å². The molecule has 0 aliphatic carbocycles. The lowest BCUT2D eigenvalue weighted by atomic mass is 10.1. The van der Waals surface area contributed by atoms with Crippen LogP contribution >= 0.6 is 0 Å². The predicted octanol–water partition coefficient (Wildman–Crippen LogP) is 1.49. The average molecular weight is 174 g/mol. The summed E-state index contributed by atoms with van der Waals surface area (Å²) in [5.41, 5.74) is 0. The molecule has 0 radical (unpaired) electrons. The SMILES string of the molecule is CCCOC(=O)CC[C@H](O)CC. The first-order chi connectivity index (χ1) is 5.70. The van der Waals surface area contributed by atoms with Gasteiger partial charge in [0.2, 0.25) is 0 Å². The minimum absolute atomic E-state index is 0.204. The number of hydrogen-bond acceptors (Lipinski definition) is 3. The molecule has 1 N–H and O–H groups in total. The van der Waals surface area contributed by atoms with Gasteiger partial charge in [-0.15, -0.1) is 0 Å². The third kappa shape index (κ3) is 6.16. The van der Waals surface area contributed by atoms with E-state index < -0.39 is 0 Å². The van der Waals surface area contributed by atoms with E-state index in [1.807, 2.05) is 13.8 Å². The topological polar surface area (TPSA) is 46.5 Å². The van der Waals surface area contributed by atoms with Crippen LogP contribution < -0.4 is 0 Å². The maximum absolute atomic E-state index is 10.9. The number of carbonyl (C=O) groups is 1. The highest BCUT2D eigenvalue weighted by Crippen LogP contribution is 2.02. The Morgan fingerprint density at radius 3 is 2.67 bits per heavy atom. The number of carbonyl (C=O) groups excluding carboxylic acids is 1. The lowest BCUT2D eigenvalue weighted by Crippen LogP contribution is -2.11. The molecule has 0 saturated heterocycles. The summed E-state index contributed by atoms with van der Waals surface area (Å²) in [6.45, 7) is 4.33. The van der Waals surface area contributed by atoms with Crippen molar-refractivity contribution in [2.75, 3.05) is 6.61 Å². The first-order valence-electron chi connectivity index (χ1n) is 4.54. The van der Waals surface area contributed by atoms with Crippen LogP contribution in [0, 0.1) is 0 Å². The molecule has 12 heavy (non-hydrogen) atoms. The van der Waals surface area contributed by atoms with E-state index in [2.05, 4.69) is 0 Å². The second-order valence-corrected chi connectivity index (χ2v) is 2.82. The normalized spacial score (nSPS) is 12.6. The van der Waals surface area contributed by atoms with Gasteiger partial charge >= 0.3 is 5.97 Å². The van der Waals surface area contributed by atoms with E-state index in [0.29, 0.717) is 25.9 Å². The van der Waals surface area contributed by atoms with E-state index >= 15 is 0 Å². The summed E-state index contributed by atoms with van der Waals surface area (Å²) in [4.78, 5) is 10.9. The molecule has 0 aromatic heterocycles. The van der Waals surface area contributed by atoms with Gasteiger partial charge in [-0.2, -0.15) is 0 Å². The summed E-state index contributed by atoms with van der Waals surface area (Å²) in [6.07, 6.45) is 2.02. The number of hydrogen-bond donors (Lipinski definition) is 1. The maximum atomic E-state index is 10.9. The first kappa shape index (κ1) is 11.4. The lowest BCUT2D eigenvalue weighted by Gasteiger charge is -2.06. The highest BCUT2D eigenvalue weighted by atomic mass is 16.5. The second-order valence-electron chi connectivity index (χ2n) is 2.82. The molecular formula is C9H18O3. The van der Waals surface area contributed by atoms with Gasteiger partial charge in [-0.25, -0.2) is 0 Å². The molecule has 0 aromatic carbocycles. The molecule has 0 heterocycles. The molecule has 0 rings (SSSR count). The molecule has 3 heteroatoms. The molecule has 1 atom stereocenters. The van der Waals surface area contributed by atoms with Gasteiger partial charge in [-0.1, -0.05) is 13.8 Å².